The molecule has 0 aliphatic carbocycles. The van der Waals surface area contributed by atoms with Gasteiger partial charge in [0.05, 0.1) is 6.61 Å². The third kappa shape index (κ3) is 6.21. The molecule has 0 fully saturated rings. The van der Waals surface area contributed by atoms with Gasteiger partial charge in [-0.05, 0) is 42.3 Å². The van der Waals surface area contributed by atoms with E-state index in [-0.39, 0.29) is 10.1 Å². The topological polar surface area (TPSA) is 82.5 Å². The molecule has 1 aromatic heterocycles. The lowest BCUT2D eigenvalue weighted by molar-refractivity contribution is -0.0319. The number of nitrogens with one attached hydrogen (secondary N) is 1. The Morgan fingerprint density at radius 2 is 1.62 bits per heavy atom. The number of H-pyrrole nitrogens is 1. The SMILES string of the molecule is CC(C)(C)[Si](C)(C)OCC1=CC=C[C@@H](O[Si](C)(C)C(C)(C)C)[C@H](n2ccc(=O)[nH]c2=O)O1. The lowest BCUT2D eigenvalue weighted by Gasteiger charge is -2.40. The first kappa shape index (κ1) is 26.6. The van der Waals surface area contributed by atoms with Crippen LogP contribution in [0.15, 0.2) is 45.8 Å². The van der Waals surface area contributed by atoms with E-state index in [1.54, 1.807) is 0 Å². The summed E-state index contributed by atoms with van der Waals surface area (Å²) in [5, 5.41) is 0.0483. The number of nitrogens with zero attached hydrogens (tertiary/aromatic N) is 1. The molecule has 0 saturated carbocycles. The fourth-order valence-electron chi connectivity index (χ4n) is 2.64. The standard InChI is InChI=1S/C23H40N2O5Si2/c1-22(2,3)31(7,8)28-16-17-12-11-13-18(30-32(9,10)23(4,5)6)20(29-17)25-15-14-19(26)24-21(25)27/h11-15,18,20H,16H2,1-10H3,(H,24,26,27)/t18-,20-/m1/s1. The molecule has 0 aromatic carbocycles. The van der Waals surface area contributed by atoms with Gasteiger partial charge in [0.2, 0.25) is 6.23 Å². The first-order valence-corrected chi connectivity index (χ1v) is 16.9. The molecule has 7 nitrogen and oxygen atoms in total. The van der Waals surface area contributed by atoms with Crippen LogP contribution in [0.1, 0.15) is 47.8 Å². The van der Waals surface area contributed by atoms with E-state index in [1.165, 1.54) is 16.8 Å². The molecule has 0 radical (unpaired) electrons. The highest BCUT2D eigenvalue weighted by Crippen LogP contribution is 2.40. The zero-order valence-electron chi connectivity index (χ0n) is 21.2. The predicted molar refractivity (Wildman–Crippen MR) is 134 cm³/mol. The highest BCUT2D eigenvalue weighted by atomic mass is 28.4. The lowest BCUT2D eigenvalue weighted by atomic mass is 10.2. The van der Waals surface area contributed by atoms with Gasteiger partial charge in [0, 0.05) is 12.3 Å². The van der Waals surface area contributed by atoms with Crippen LogP contribution in [0.2, 0.25) is 36.3 Å². The summed E-state index contributed by atoms with van der Waals surface area (Å²) < 4.78 is 20.7. The molecule has 0 amide bonds. The minimum absolute atomic E-state index is 0.0185. The molecule has 2 atom stereocenters. The Morgan fingerprint density at radius 1 is 1.03 bits per heavy atom. The van der Waals surface area contributed by atoms with Crippen molar-refractivity contribution in [3.05, 3.63) is 57.1 Å². The van der Waals surface area contributed by atoms with Crippen molar-refractivity contribution in [2.45, 2.75) is 90.1 Å². The molecule has 180 valence electrons. The van der Waals surface area contributed by atoms with Gasteiger partial charge in [-0.1, -0.05) is 53.7 Å². The summed E-state index contributed by atoms with van der Waals surface area (Å²) in [6, 6.07) is 1.32. The number of rotatable bonds is 6. The van der Waals surface area contributed by atoms with Gasteiger partial charge >= 0.3 is 5.69 Å². The van der Waals surface area contributed by atoms with Gasteiger partial charge < -0.3 is 13.6 Å². The van der Waals surface area contributed by atoms with E-state index in [1.807, 2.05) is 18.2 Å². The summed E-state index contributed by atoms with van der Waals surface area (Å²) in [5.41, 5.74) is -0.986. The Labute approximate surface area is 193 Å². The zero-order valence-corrected chi connectivity index (χ0v) is 23.2. The lowest BCUT2D eigenvalue weighted by Crippen LogP contribution is -2.47. The molecule has 32 heavy (non-hydrogen) atoms. The summed E-state index contributed by atoms with van der Waals surface area (Å²) in [4.78, 5) is 26.6. The van der Waals surface area contributed by atoms with Crippen LogP contribution < -0.4 is 11.2 Å². The Morgan fingerprint density at radius 3 is 2.16 bits per heavy atom. The van der Waals surface area contributed by atoms with Crippen LogP contribution in [0.5, 0.6) is 0 Å². The molecule has 0 saturated heterocycles. The zero-order chi connectivity index (χ0) is 24.5. The van der Waals surface area contributed by atoms with Gasteiger partial charge in [0.25, 0.3) is 5.56 Å². The van der Waals surface area contributed by atoms with Crippen molar-refractivity contribution in [2.24, 2.45) is 0 Å². The van der Waals surface area contributed by atoms with E-state index in [4.69, 9.17) is 13.6 Å². The van der Waals surface area contributed by atoms with Crippen LogP contribution in [0.25, 0.3) is 0 Å². The van der Waals surface area contributed by atoms with Gasteiger partial charge in [0.1, 0.15) is 11.9 Å². The number of aromatic amines is 1. The van der Waals surface area contributed by atoms with E-state index in [0.29, 0.717) is 12.4 Å². The minimum atomic E-state index is -2.18. The Balaban J connectivity index is 2.38. The van der Waals surface area contributed by atoms with Crippen molar-refractivity contribution in [3.63, 3.8) is 0 Å². The quantitative estimate of drug-likeness (QED) is 0.585. The van der Waals surface area contributed by atoms with Gasteiger partial charge in [-0.3, -0.25) is 14.3 Å². The first-order valence-electron chi connectivity index (χ1n) is 11.1. The number of aromatic nitrogens is 2. The van der Waals surface area contributed by atoms with E-state index in [2.05, 4.69) is 72.7 Å². The van der Waals surface area contributed by atoms with Crippen molar-refractivity contribution in [3.8, 4) is 0 Å². The molecule has 1 aromatic rings. The van der Waals surface area contributed by atoms with Crippen LogP contribution in [-0.2, 0) is 13.6 Å². The maximum atomic E-state index is 12.6. The fraction of sp³-hybridized carbons (Fsp3) is 0.652. The van der Waals surface area contributed by atoms with Crippen molar-refractivity contribution < 1.29 is 13.6 Å². The van der Waals surface area contributed by atoms with Crippen molar-refractivity contribution in [2.75, 3.05) is 6.61 Å². The second-order valence-corrected chi connectivity index (χ2v) is 21.0. The number of allylic oxidation sites excluding steroid dienone is 2. The van der Waals surface area contributed by atoms with Gasteiger partial charge in [-0.25, -0.2) is 4.79 Å². The van der Waals surface area contributed by atoms with E-state index < -0.39 is 40.2 Å². The van der Waals surface area contributed by atoms with Gasteiger partial charge in [0.15, 0.2) is 16.6 Å². The summed E-state index contributed by atoms with van der Waals surface area (Å²) in [6.07, 6.45) is 5.88. The summed E-state index contributed by atoms with van der Waals surface area (Å²) in [5.74, 6) is 0.621. The first-order chi connectivity index (χ1) is 14.4. The molecule has 2 rings (SSSR count). The monoisotopic (exact) mass is 480 g/mol. The van der Waals surface area contributed by atoms with Crippen molar-refractivity contribution in [1.82, 2.24) is 9.55 Å². The summed E-state index contributed by atoms with van der Waals surface area (Å²) in [6.45, 7) is 22.1. The Bertz CT molecular complexity index is 978. The third-order valence-corrected chi connectivity index (χ3v) is 15.8. The predicted octanol–water partition coefficient (Wildman–Crippen LogP) is 4.92. The average Bonchev–Trinajstić information content (AvgIpc) is 2.80. The Hall–Kier alpha value is -1.69. The highest BCUT2D eigenvalue weighted by Gasteiger charge is 2.42. The van der Waals surface area contributed by atoms with E-state index in [9.17, 15) is 9.59 Å². The Kier molecular flexibility index (Phi) is 7.71. The normalized spacial score (nSPS) is 20.5. The van der Waals surface area contributed by atoms with Crippen LogP contribution in [0.4, 0.5) is 0 Å². The van der Waals surface area contributed by atoms with Gasteiger partial charge in [-0.15, -0.1) is 0 Å². The maximum absolute atomic E-state index is 12.6. The summed E-state index contributed by atoms with van der Waals surface area (Å²) >= 11 is 0. The second-order valence-electron chi connectivity index (χ2n) is 11.4. The van der Waals surface area contributed by atoms with Crippen molar-refractivity contribution >= 4 is 16.6 Å². The average molecular weight is 481 g/mol. The molecule has 2 heterocycles. The van der Waals surface area contributed by atoms with E-state index in [0.717, 1.165) is 0 Å². The number of hydrogen-bond acceptors (Lipinski definition) is 5. The van der Waals surface area contributed by atoms with Gasteiger partial charge in [-0.2, -0.15) is 0 Å². The molecular weight excluding hydrogens is 440 g/mol. The van der Waals surface area contributed by atoms with E-state index >= 15 is 0 Å². The van der Waals surface area contributed by atoms with Crippen molar-refractivity contribution in [1.29, 1.82) is 0 Å². The highest BCUT2D eigenvalue weighted by molar-refractivity contribution is 6.74. The van der Waals surface area contributed by atoms with Crippen LogP contribution >= 0.6 is 0 Å². The molecule has 0 spiro atoms. The van der Waals surface area contributed by atoms with Crippen LogP contribution in [0.3, 0.4) is 0 Å². The fourth-order valence-corrected chi connectivity index (χ4v) is 4.80. The molecular formula is C23H40N2O5Si2. The van der Waals surface area contributed by atoms with Crippen LogP contribution in [-0.4, -0.2) is 38.9 Å². The molecule has 0 bridgehead atoms. The minimum Gasteiger partial charge on any atom is -0.469 e. The molecule has 1 aliphatic heterocycles. The molecule has 1 aliphatic rings. The number of ether oxygens (including phenoxy) is 1. The maximum Gasteiger partial charge on any atom is 0.331 e. The smallest absolute Gasteiger partial charge is 0.331 e. The largest absolute Gasteiger partial charge is 0.469 e. The molecule has 0 unspecified atom stereocenters. The van der Waals surface area contributed by atoms with Crippen LogP contribution in [0, 0.1) is 0 Å². The summed E-state index contributed by atoms with van der Waals surface area (Å²) in [7, 11) is -4.17. The third-order valence-electron chi connectivity index (χ3n) is 6.88. The molecule has 9 heteroatoms. The number of hydrogen-bond donors (Lipinski definition) is 1. The second kappa shape index (κ2) is 9.28. The molecule has 1 N–H and O–H groups in total.